The molecule has 0 radical (unpaired) electrons. The predicted octanol–water partition coefficient (Wildman–Crippen LogP) is 6.06. The fourth-order valence-corrected chi connectivity index (χ4v) is 4.59. The minimum Gasteiger partial charge on any atom is -0.458 e. The number of esters is 2. The summed E-state index contributed by atoms with van der Waals surface area (Å²) in [6.45, 7) is 7.78. The van der Waals surface area contributed by atoms with E-state index in [0.717, 1.165) is 24.8 Å². The van der Waals surface area contributed by atoms with Crippen molar-refractivity contribution >= 4 is 35.1 Å². The van der Waals surface area contributed by atoms with Gasteiger partial charge in [0.2, 0.25) is 0 Å². The third-order valence-corrected chi connectivity index (χ3v) is 6.63. The molecular weight excluding hydrogens is 454 g/mol. The highest BCUT2D eigenvalue weighted by Gasteiger charge is 2.34. The maximum Gasteiger partial charge on any atom is 0.339 e. The van der Waals surface area contributed by atoms with E-state index in [1.54, 1.807) is 36.4 Å². The molecule has 1 amide bonds. The first-order chi connectivity index (χ1) is 16.2. The van der Waals surface area contributed by atoms with Gasteiger partial charge >= 0.3 is 11.9 Å². The normalized spacial score (nSPS) is 20.0. The van der Waals surface area contributed by atoms with Crippen molar-refractivity contribution in [3.63, 3.8) is 0 Å². The second-order valence-electron chi connectivity index (χ2n) is 9.40. The quantitative estimate of drug-likeness (QED) is 0.482. The molecule has 2 aromatic carbocycles. The van der Waals surface area contributed by atoms with Crippen LogP contribution in [-0.4, -0.2) is 30.6 Å². The smallest absolute Gasteiger partial charge is 0.339 e. The molecule has 0 aliphatic heterocycles. The van der Waals surface area contributed by atoms with Crippen LogP contribution in [0.1, 0.15) is 66.3 Å². The first kappa shape index (κ1) is 25.8. The summed E-state index contributed by atoms with van der Waals surface area (Å²) in [5.41, 5.74) is 1.58. The van der Waals surface area contributed by atoms with E-state index in [1.807, 2.05) is 6.92 Å². The Balaban J connectivity index is 1.65. The van der Waals surface area contributed by atoms with Crippen LogP contribution < -0.4 is 5.32 Å². The van der Waals surface area contributed by atoms with Gasteiger partial charge in [0.15, 0.2) is 6.61 Å². The minimum atomic E-state index is -0.761. The molecule has 0 unspecified atom stereocenters. The molecule has 34 heavy (non-hydrogen) atoms. The third-order valence-electron chi connectivity index (χ3n) is 6.39. The first-order valence-corrected chi connectivity index (χ1v) is 12.1. The molecule has 1 N–H and O–H groups in total. The number of hydrogen-bond acceptors (Lipinski definition) is 5. The molecule has 182 valence electrons. The Bertz CT molecular complexity index is 1050. The fourth-order valence-electron chi connectivity index (χ4n) is 4.41. The average molecular weight is 486 g/mol. The van der Waals surface area contributed by atoms with Crippen molar-refractivity contribution in [2.24, 2.45) is 17.8 Å². The van der Waals surface area contributed by atoms with Crippen molar-refractivity contribution in [2.75, 3.05) is 11.9 Å². The number of rotatable bonds is 7. The number of amides is 1. The van der Waals surface area contributed by atoms with Crippen molar-refractivity contribution in [1.82, 2.24) is 0 Å². The summed E-state index contributed by atoms with van der Waals surface area (Å²) in [6, 6.07) is 11.5. The van der Waals surface area contributed by atoms with Gasteiger partial charge < -0.3 is 14.8 Å². The topological polar surface area (TPSA) is 81.7 Å². The molecule has 2 aromatic rings. The lowest BCUT2D eigenvalue weighted by Gasteiger charge is -2.36. The van der Waals surface area contributed by atoms with Crippen LogP contribution in [0.25, 0.3) is 0 Å². The van der Waals surface area contributed by atoms with Crippen LogP contribution in [0, 0.1) is 24.7 Å². The maximum absolute atomic E-state index is 13.0. The maximum atomic E-state index is 13.0. The highest BCUT2D eigenvalue weighted by molar-refractivity contribution is 6.31. The second kappa shape index (κ2) is 11.5. The van der Waals surface area contributed by atoms with Gasteiger partial charge in [-0.3, -0.25) is 4.79 Å². The Labute approximate surface area is 206 Å². The second-order valence-corrected chi connectivity index (χ2v) is 9.84. The lowest BCUT2D eigenvalue weighted by Crippen LogP contribution is -2.36. The number of nitrogens with one attached hydrogen (secondary N) is 1. The molecular formula is C27H32ClNO5. The highest BCUT2D eigenvalue weighted by Crippen LogP contribution is 2.36. The summed E-state index contributed by atoms with van der Waals surface area (Å²) < 4.78 is 11.1. The van der Waals surface area contributed by atoms with Crippen molar-refractivity contribution in [1.29, 1.82) is 0 Å². The number of anilines is 1. The Kier molecular flexibility index (Phi) is 8.72. The van der Waals surface area contributed by atoms with E-state index in [4.69, 9.17) is 21.1 Å². The molecule has 3 atom stereocenters. The van der Waals surface area contributed by atoms with E-state index in [0.29, 0.717) is 22.5 Å². The van der Waals surface area contributed by atoms with Gasteiger partial charge in [0.25, 0.3) is 5.91 Å². The largest absolute Gasteiger partial charge is 0.458 e. The molecule has 7 heteroatoms. The molecule has 6 nitrogen and oxygen atoms in total. The van der Waals surface area contributed by atoms with E-state index in [-0.39, 0.29) is 23.1 Å². The first-order valence-electron chi connectivity index (χ1n) is 11.7. The molecule has 3 rings (SSSR count). The number of halogens is 1. The number of aryl methyl sites for hydroxylation is 1. The molecule has 0 saturated heterocycles. The van der Waals surface area contributed by atoms with Crippen molar-refractivity contribution in [3.8, 4) is 0 Å². The zero-order chi connectivity index (χ0) is 24.8. The fraction of sp³-hybridized carbons (Fsp3) is 0.444. The Hall–Kier alpha value is -2.86. The Morgan fingerprint density at radius 2 is 1.74 bits per heavy atom. The number of benzene rings is 2. The number of hydrogen-bond donors (Lipinski definition) is 1. The highest BCUT2D eigenvalue weighted by atomic mass is 35.5. The molecule has 1 aliphatic carbocycles. The van der Waals surface area contributed by atoms with Crippen LogP contribution >= 0.6 is 11.6 Å². The summed E-state index contributed by atoms with van der Waals surface area (Å²) in [4.78, 5) is 38.1. The van der Waals surface area contributed by atoms with Crippen LogP contribution in [0.2, 0.25) is 5.02 Å². The lowest BCUT2D eigenvalue weighted by molar-refractivity contribution is -0.119. The van der Waals surface area contributed by atoms with Crippen LogP contribution in [0.4, 0.5) is 5.69 Å². The summed E-state index contributed by atoms with van der Waals surface area (Å²) in [5, 5.41) is 3.16. The van der Waals surface area contributed by atoms with E-state index in [1.165, 1.54) is 6.07 Å². The van der Waals surface area contributed by atoms with Crippen molar-refractivity contribution in [2.45, 2.75) is 53.1 Å². The van der Waals surface area contributed by atoms with Crippen molar-refractivity contribution < 1.29 is 23.9 Å². The monoisotopic (exact) mass is 485 g/mol. The SMILES string of the molecule is Cc1ccc(Cl)cc1NC(=O)COC(=O)c1ccccc1C(=O)O[C@@H]1C[C@@H](C)CC[C@@H]1C(C)C. The van der Waals surface area contributed by atoms with E-state index >= 15 is 0 Å². The molecule has 0 aromatic heterocycles. The summed E-state index contributed by atoms with van der Waals surface area (Å²) in [7, 11) is 0. The van der Waals surface area contributed by atoms with Gasteiger partial charge in [-0.25, -0.2) is 9.59 Å². The molecule has 1 fully saturated rings. The minimum absolute atomic E-state index is 0.0733. The molecule has 0 heterocycles. The average Bonchev–Trinajstić information content (AvgIpc) is 2.79. The summed E-state index contributed by atoms with van der Waals surface area (Å²) >= 11 is 5.98. The van der Waals surface area contributed by atoms with Gasteiger partial charge in [0, 0.05) is 10.7 Å². The van der Waals surface area contributed by atoms with Crippen LogP contribution in [0.5, 0.6) is 0 Å². The lowest BCUT2D eigenvalue weighted by atomic mass is 9.75. The zero-order valence-corrected chi connectivity index (χ0v) is 20.9. The number of carbonyl (C=O) groups is 3. The molecule has 1 saturated carbocycles. The summed E-state index contributed by atoms with van der Waals surface area (Å²) in [5.74, 6) is -0.645. The number of carbonyl (C=O) groups excluding carboxylic acids is 3. The van der Waals surface area contributed by atoms with Gasteiger partial charge in [-0.2, -0.15) is 0 Å². The van der Waals surface area contributed by atoms with Crippen LogP contribution in [0.3, 0.4) is 0 Å². The Morgan fingerprint density at radius 1 is 1.06 bits per heavy atom. The van der Waals surface area contributed by atoms with Gasteiger partial charge in [0.1, 0.15) is 6.10 Å². The van der Waals surface area contributed by atoms with Gasteiger partial charge in [-0.1, -0.05) is 57.0 Å². The molecule has 0 spiro atoms. The van der Waals surface area contributed by atoms with Gasteiger partial charge in [-0.15, -0.1) is 0 Å². The standard InChI is InChI=1S/C27H32ClNO5/c1-16(2)20-12-9-17(3)13-24(20)34-27(32)22-8-6-5-7-21(22)26(31)33-15-25(30)29-23-14-19(28)11-10-18(23)4/h5-8,10-11,14,16-17,20,24H,9,12-13,15H2,1-4H3,(H,29,30)/t17-,20+,24+/m0/s1. The third kappa shape index (κ3) is 6.60. The molecule has 1 aliphatic rings. The van der Waals surface area contributed by atoms with Gasteiger partial charge in [0.05, 0.1) is 11.1 Å². The van der Waals surface area contributed by atoms with Crippen LogP contribution in [-0.2, 0) is 14.3 Å². The van der Waals surface area contributed by atoms with Gasteiger partial charge in [-0.05, 0) is 67.3 Å². The van der Waals surface area contributed by atoms with E-state index in [2.05, 4.69) is 26.1 Å². The van der Waals surface area contributed by atoms with Crippen LogP contribution in [0.15, 0.2) is 42.5 Å². The van der Waals surface area contributed by atoms with E-state index in [9.17, 15) is 14.4 Å². The summed E-state index contributed by atoms with van der Waals surface area (Å²) in [6.07, 6.45) is 2.76. The zero-order valence-electron chi connectivity index (χ0n) is 20.1. The number of ether oxygens (including phenoxy) is 2. The van der Waals surface area contributed by atoms with E-state index < -0.39 is 24.5 Å². The predicted molar refractivity (Wildman–Crippen MR) is 132 cm³/mol. The van der Waals surface area contributed by atoms with Crippen molar-refractivity contribution in [3.05, 3.63) is 64.2 Å². The Morgan fingerprint density at radius 3 is 2.41 bits per heavy atom. The molecule has 0 bridgehead atoms.